The van der Waals surface area contributed by atoms with Crippen LogP contribution in [-0.2, 0) is 6.54 Å². The van der Waals surface area contributed by atoms with E-state index in [1.807, 2.05) is 18.3 Å². The maximum atomic E-state index is 4.44. The van der Waals surface area contributed by atoms with Crippen LogP contribution >= 0.6 is 0 Å². The fraction of sp³-hybridized carbons (Fsp3) is 0.312. The molecule has 0 bridgehead atoms. The normalized spacial score (nSPS) is 11.0. The van der Waals surface area contributed by atoms with Crippen molar-refractivity contribution in [3.05, 3.63) is 36.7 Å². The number of nitrogens with one attached hydrogen (secondary N) is 1. The highest BCUT2D eigenvalue weighted by atomic mass is 15.2. The lowest BCUT2D eigenvalue weighted by atomic mass is 10.1. The molecular formula is C16H19N5. The van der Waals surface area contributed by atoms with Crippen LogP contribution in [0.15, 0.2) is 36.7 Å². The summed E-state index contributed by atoms with van der Waals surface area (Å²) in [5, 5.41) is 14.3. The van der Waals surface area contributed by atoms with Crippen LogP contribution < -0.4 is 5.32 Å². The molecule has 5 heteroatoms. The summed E-state index contributed by atoms with van der Waals surface area (Å²) in [5.74, 6) is 1.70. The number of benzene rings is 1. The van der Waals surface area contributed by atoms with Crippen molar-refractivity contribution in [2.45, 2.75) is 26.8 Å². The number of imidazole rings is 1. The van der Waals surface area contributed by atoms with Gasteiger partial charge in [0.1, 0.15) is 5.69 Å². The standard InChI is InChI=1S/C16H19N5/c1-3-9-17-15-13-8-6-5-7-12(13)14(19-20-15)16-18-10-11-21(16)4-2/h5-8,10-11H,3-4,9H2,1-2H3,(H,17,20). The Hall–Kier alpha value is -2.43. The number of rotatable bonds is 5. The Morgan fingerprint density at radius 3 is 2.67 bits per heavy atom. The third-order valence-corrected chi connectivity index (χ3v) is 3.50. The summed E-state index contributed by atoms with van der Waals surface area (Å²) in [6, 6.07) is 8.20. The molecular weight excluding hydrogens is 262 g/mol. The summed E-state index contributed by atoms with van der Waals surface area (Å²) >= 11 is 0. The third kappa shape index (κ3) is 2.46. The predicted molar refractivity (Wildman–Crippen MR) is 85.2 cm³/mol. The Labute approximate surface area is 124 Å². The molecule has 2 heterocycles. The van der Waals surface area contributed by atoms with E-state index < -0.39 is 0 Å². The molecule has 0 atom stereocenters. The van der Waals surface area contributed by atoms with E-state index >= 15 is 0 Å². The minimum Gasteiger partial charge on any atom is -0.368 e. The first kappa shape index (κ1) is 13.5. The Balaban J connectivity index is 2.17. The summed E-state index contributed by atoms with van der Waals surface area (Å²) in [6.07, 6.45) is 4.82. The largest absolute Gasteiger partial charge is 0.368 e. The van der Waals surface area contributed by atoms with E-state index in [9.17, 15) is 0 Å². The van der Waals surface area contributed by atoms with Gasteiger partial charge in [0.2, 0.25) is 0 Å². The van der Waals surface area contributed by atoms with E-state index in [4.69, 9.17) is 0 Å². The molecule has 0 unspecified atom stereocenters. The highest BCUT2D eigenvalue weighted by Gasteiger charge is 2.14. The Morgan fingerprint density at radius 2 is 1.90 bits per heavy atom. The molecule has 3 rings (SSSR count). The molecule has 3 aromatic rings. The molecule has 21 heavy (non-hydrogen) atoms. The fourth-order valence-corrected chi connectivity index (χ4v) is 2.42. The second kappa shape index (κ2) is 5.91. The monoisotopic (exact) mass is 281 g/mol. The Kier molecular flexibility index (Phi) is 3.81. The van der Waals surface area contributed by atoms with Gasteiger partial charge in [-0.3, -0.25) is 0 Å². The van der Waals surface area contributed by atoms with Crippen molar-refractivity contribution in [3.8, 4) is 11.5 Å². The smallest absolute Gasteiger partial charge is 0.161 e. The fourth-order valence-electron chi connectivity index (χ4n) is 2.42. The van der Waals surface area contributed by atoms with Gasteiger partial charge in [-0.05, 0) is 13.3 Å². The zero-order valence-corrected chi connectivity index (χ0v) is 12.4. The van der Waals surface area contributed by atoms with E-state index in [-0.39, 0.29) is 0 Å². The van der Waals surface area contributed by atoms with Crippen molar-refractivity contribution >= 4 is 16.6 Å². The SMILES string of the molecule is CCCNc1nnc(-c2nccn2CC)c2ccccc12. The molecule has 5 nitrogen and oxygen atoms in total. The number of aryl methyl sites for hydroxylation is 1. The van der Waals surface area contributed by atoms with Crippen molar-refractivity contribution in [1.29, 1.82) is 0 Å². The zero-order valence-electron chi connectivity index (χ0n) is 12.4. The molecule has 0 aliphatic rings. The van der Waals surface area contributed by atoms with Crippen molar-refractivity contribution in [2.75, 3.05) is 11.9 Å². The van der Waals surface area contributed by atoms with E-state index in [0.717, 1.165) is 47.6 Å². The first-order valence-corrected chi connectivity index (χ1v) is 7.36. The molecule has 1 aromatic carbocycles. The van der Waals surface area contributed by atoms with Crippen LogP contribution in [-0.4, -0.2) is 26.3 Å². The van der Waals surface area contributed by atoms with Crippen LogP contribution in [0.4, 0.5) is 5.82 Å². The van der Waals surface area contributed by atoms with Crippen molar-refractivity contribution in [2.24, 2.45) is 0 Å². The predicted octanol–water partition coefficient (Wildman–Crippen LogP) is 3.34. The van der Waals surface area contributed by atoms with E-state index in [0.29, 0.717) is 0 Å². The average molecular weight is 281 g/mol. The molecule has 0 amide bonds. The summed E-state index contributed by atoms with van der Waals surface area (Å²) < 4.78 is 2.08. The van der Waals surface area contributed by atoms with E-state index in [1.165, 1.54) is 0 Å². The summed E-state index contributed by atoms with van der Waals surface area (Å²) in [5.41, 5.74) is 0.833. The number of fused-ring (bicyclic) bond motifs is 1. The quantitative estimate of drug-likeness (QED) is 0.779. The second-order valence-electron chi connectivity index (χ2n) is 4.91. The van der Waals surface area contributed by atoms with Gasteiger partial charge in [-0.1, -0.05) is 31.2 Å². The lowest BCUT2D eigenvalue weighted by Gasteiger charge is -2.11. The van der Waals surface area contributed by atoms with E-state index in [2.05, 4.69) is 51.0 Å². The molecule has 0 radical (unpaired) electrons. The third-order valence-electron chi connectivity index (χ3n) is 3.50. The van der Waals surface area contributed by atoms with Gasteiger partial charge >= 0.3 is 0 Å². The highest BCUT2D eigenvalue weighted by molar-refractivity contribution is 5.99. The minimum atomic E-state index is 0.833. The van der Waals surface area contributed by atoms with Gasteiger partial charge in [0.15, 0.2) is 11.6 Å². The van der Waals surface area contributed by atoms with E-state index in [1.54, 1.807) is 6.20 Å². The van der Waals surface area contributed by atoms with Crippen LogP contribution in [0.25, 0.3) is 22.3 Å². The summed E-state index contributed by atoms with van der Waals surface area (Å²) in [7, 11) is 0. The van der Waals surface area contributed by atoms with Crippen LogP contribution in [0, 0.1) is 0 Å². The molecule has 1 N–H and O–H groups in total. The first-order valence-electron chi connectivity index (χ1n) is 7.36. The highest BCUT2D eigenvalue weighted by Crippen LogP contribution is 2.28. The number of aromatic nitrogens is 4. The topological polar surface area (TPSA) is 55.6 Å². The molecule has 0 spiro atoms. The van der Waals surface area contributed by atoms with Crippen molar-refractivity contribution < 1.29 is 0 Å². The van der Waals surface area contributed by atoms with Gasteiger partial charge in [0.25, 0.3) is 0 Å². The lowest BCUT2D eigenvalue weighted by molar-refractivity contribution is 0.766. The number of nitrogens with zero attached hydrogens (tertiary/aromatic N) is 4. The van der Waals surface area contributed by atoms with Crippen LogP contribution in [0.5, 0.6) is 0 Å². The summed E-state index contributed by atoms with van der Waals surface area (Å²) in [6.45, 7) is 5.98. The Morgan fingerprint density at radius 1 is 1.10 bits per heavy atom. The molecule has 0 aliphatic heterocycles. The molecule has 2 aromatic heterocycles. The van der Waals surface area contributed by atoms with Crippen molar-refractivity contribution in [1.82, 2.24) is 19.7 Å². The average Bonchev–Trinajstić information content (AvgIpc) is 3.01. The number of hydrogen-bond donors (Lipinski definition) is 1. The van der Waals surface area contributed by atoms with Gasteiger partial charge in [0.05, 0.1) is 0 Å². The van der Waals surface area contributed by atoms with Gasteiger partial charge in [-0.15, -0.1) is 10.2 Å². The zero-order chi connectivity index (χ0) is 14.7. The lowest BCUT2D eigenvalue weighted by Crippen LogP contribution is -2.06. The molecule has 0 fully saturated rings. The molecule has 0 saturated heterocycles. The van der Waals surface area contributed by atoms with Gasteiger partial charge in [-0.25, -0.2) is 4.98 Å². The second-order valence-corrected chi connectivity index (χ2v) is 4.91. The maximum Gasteiger partial charge on any atom is 0.161 e. The number of anilines is 1. The molecule has 108 valence electrons. The number of hydrogen-bond acceptors (Lipinski definition) is 4. The first-order chi connectivity index (χ1) is 10.3. The van der Waals surface area contributed by atoms with Gasteiger partial charge < -0.3 is 9.88 Å². The van der Waals surface area contributed by atoms with Crippen LogP contribution in [0.1, 0.15) is 20.3 Å². The Bertz CT molecular complexity index is 747. The molecule has 0 aliphatic carbocycles. The summed E-state index contributed by atoms with van der Waals surface area (Å²) in [4.78, 5) is 4.44. The van der Waals surface area contributed by atoms with Crippen molar-refractivity contribution in [3.63, 3.8) is 0 Å². The maximum absolute atomic E-state index is 4.44. The van der Waals surface area contributed by atoms with Gasteiger partial charge in [0, 0.05) is 36.3 Å². The minimum absolute atomic E-state index is 0.833. The van der Waals surface area contributed by atoms with Crippen LogP contribution in [0.3, 0.4) is 0 Å². The van der Waals surface area contributed by atoms with Crippen LogP contribution in [0.2, 0.25) is 0 Å². The van der Waals surface area contributed by atoms with Gasteiger partial charge in [-0.2, -0.15) is 0 Å². The molecule has 0 saturated carbocycles.